The van der Waals surface area contributed by atoms with Crippen LogP contribution in [0.5, 0.6) is 0 Å². The van der Waals surface area contributed by atoms with Crippen molar-refractivity contribution in [2.45, 2.75) is 39.5 Å². The lowest BCUT2D eigenvalue weighted by Crippen LogP contribution is -2.56. The largest absolute Gasteiger partial charge is 0.368 e. The van der Waals surface area contributed by atoms with Gasteiger partial charge in [-0.25, -0.2) is 4.98 Å². The van der Waals surface area contributed by atoms with Gasteiger partial charge in [0.15, 0.2) is 5.82 Å². The number of likely N-dealkylation sites (tertiary alicyclic amines) is 1. The summed E-state index contributed by atoms with van der Waals surface area (Å²) in [4.78, 5) is 11.4. The van der Waals surface area contributed by atoms with E-state index in [-0.39, 0.29) is 5.95 Å². The Morgan fingerprint density at radius 1 is 1.12 bits per heavy atom. The Balaban J connectivity index is 1.36. The number of anilines is 2. The number of aromatic nitrogens is 4. The normalized spacial score (nSPS) is 14.6. The molecule has 172 valence electrons. The van der Waals surface area contributed by atoms with Crippen LogP contribution < -0.4 is 16.4 Å². The van der Waals surface area contributed by atoms with Crippen molar-refractivity contribution >= 4 is 22.8 Å². The molecule has 3 aromatic heterocycles. The zero-order chi connectivity index (χ0) is 22.9. The van der Waals surface area contributed by atoms with E-state index in [4.69, 9.17) is 10.3 Å². The smallest absolute Gasteiger partial charge is 0.222 e. The van der Waals surface area contributed by atoms with Gasteiger partial charge in [0.2, 0.25) is 5.95 Å². The topological polar surface area (TPSA) is 110 Å². The van der Waals surface area contributed by atoms with E-state index in [9.17, 15) is 0 Å². The summed E-state index contributed by atoms with van der Waals surface area (Å²) in [5, 5.41) is 10.7. The number of likely N-dealkylation sites (N-methyl/N-ethyl adjacent to an activating group) is 1. The third-order valence-corrected chi connectivity index (χ3v) is 6.42. The fourth-order valence-electron chi connectivity index (χ4n) is 4.38. The van der Waals surface area contributed by atoms with E-state index in [1.807, 2.05) is 26.2 Å². The number of fused-ring (bicyclic) bond motifs is 1. The molecular weight excluding hydrogens is 416 g/mol. The summed E-state index contributed by atoms with van der Waals surface area (Å²) in [6.45, 7) is 8.59. The van der Waals surface area contributed by atoms with Crippen LogP contribution in [0.4, 0.5) is 11.8 Å². The SMILES string of the molecule is CNC1CN(Cc2ccc(Cn3ccc4nc(N)nc(NCc5nocc5C)c43)c(C)c2)C1. The minimum absolute atomic E-state index is 0.242. The van der Waals surface area contributed by atoms with Gasteiger partial charge in [0.25, 0.3) is 0 Å². The summed E-state index contributed by atoms with van der Waals surface area (Å²) >= 11 is 0. The standard InChI is InChI=1S/C24H30N8O/c1-15-8-17(10-31-12-19(13-31)26-3)4-5-18(15)11-32-7-6-20-22(32)23(29-24(25)28-20)27-9-21-16(2)14-33-30-21/h4-8,14,19,26H,9-13H2,1-3H3,(H3,25,27,28,29). The Hall–Kier alpha value is -3.43. The Morgan fingerprint density at radius 2 is 1.97 bits per heavy atom. The van der Waals surface area contributed by atoms with E-state index >= 15 is 0 Å². The molecule has 4 aromatic rings. The highest BCUT2D eigenvalue weighted by atomic mass is 16.5. The van der Waals surface area contributed by atoms with Crippen molar-refractivity contribution in [2.75, 3.05) is 31.2 Å². The molecule has 33 heavy (non-hydrogen) atoms. The van der Waals surface area contributed by atoms with Crippen LogP contribution in [0.1, 0.15) is 27.9 Å². The molecule has 0 spiro atoms. The number of hydrogen-bond acceptors (Lipinski definition) is 8. The summed E-state index contributed by atoms with van der Waals surface area (Å²) in [6, 6.07) is 9.37. The maximum Gasteiger partial charge on any atom is 0.222 e. The number of hydrogen-bond donors (Lipinski definition) is 3. The Labute approximate surface area is 193 Å². The fourth-order valence-corrected chi connectivity index (χ4v) is 4.38. The van der Waals surface area contributed by atoms with Crippen LogP contribution in [0.15, 0.2) is 41.2 Å². The van der Waals surface area contributed by atoms with Gasteiger partial charge in [0.05, 0.1) is 12.1 Å². The molecule has 4 N–H and O–H groups in total. The monoisotopic (exact) mass is 446 g/mol. The molecule has 1 aliphatic heterocycles. The molecule has 0 atom stereocenters. The maximum absolute atomic E-state index is 5.97. The molecule has 0 unspecified atom stereocenters. The highest BCUT2D eigenvalue weighted by molar-refractivity contribution is 5.87. The van der Waals surface area contributed by atoms with Gasteiger partial charge in [-0.15, -0.1) is 0 Å². The zero-order valence-electron chi connectivity index (χ0n) is 19.3. The lowest BCUT2D eigenvalue weighted by Gasteiger charge is -2.39. The summed E-state index contributed by atoms with van der Waals surface area (Å²) in [6.07, 6.45) is 3.67. The van der Waals surface area contributed by atoms with Gasteiger partial charge in [0.1, 0.15) is 17.5 Å². The van der Waals surface area contributed by atoms with Gasteiger partial charge < -0.3 is 25.5 Å². The molecule has 0 saturated carbocycles. The molecule has 9 heteroatoms. The van der Waals surface area contributed by atoms with Crippen LogP contribution in [0.25, 0.3) is 11.0 Å². The molecule has 1 saturated heterocycles. The van der Waals surface area contributed by atoms with Crippen LogP contribution in [0.3, 0.4) is 0 Å². The minimum atomic E-state index is 0.242. The first-order valence-corrected chi connectivity index (χ1v) is 11.2. The molecule has 0 bridgehead atoms. The molecule has 1 aliphatic rings. The van der Waals surface area contributed by atoms with Crippen molar-refractivity contribution in [3.8, 4) is 0 Å². The highest BCUT2D eigenvalue weighted by Crippen LogP contribution is 2.25. The fraction of sp³-hybridized carbons (Fsp3) is 0.375. The first kappa shape index (κ1) is 21.4. The second-order valence-corrected chi connectivity index (χ2v) is 8.85. The molecular formula is C24H30N8O. The van der Waals surface area contributed by atoms with Gasteiger partial charge in [-0.1, -0.05) is 23.4 Å². The Bertz CT molecular complexity index is 1270. The maximum atomic E-state index is 5.97. The minimum Gasteiger partial charge on any atom is -0.368 e. The van der Waals surface area contributed by atoms with Crippen LogP contribution in [-0.4, -0.2) is 50.8 Å². The number of nitrogen functional groups attached to an aromatic ring is 1. The molecule has 1 aromatic carbocycles. The number of nitrogens with one attached hydrogen (secondary N) is 2. The van der Waals surface area contributed by atoms with Gasteiger partial charge in [-0.2, -0.15) is 4.98 Å². The molecule has 9 nitrogen and oxygen atoms in total. The molecule has 0 radical (unpaired) electrons. The van der Waals surface area contributed by atoms with Crippen molar-refractivity contribution in [3.05, 3.63) is 64.7 Å². The van der Waals surface area contributed by atoms with E-state index < -0.39 is 0 Å². The second kappa shape index (κ2) is 8.84. The summed E-state index contributed by atoms with van der Waals surface area (Å²) < 4.78 is 7.21. The molecule has 1 fully saturated rings. The summed E-state index contributed by atoms with van der Waals surface area (Å²) in [5.74, 6) is 0.933. The quantitative estimate of drug-likeness (QED) is 0.379. The predicted octanol–water partition coefficient (Wildman–Crippen LogP) is 2.68. The van der Waals surface area contributed by atoms with E-state index in [2.05, 4.69) is 60.3 Å². The third-order valence-electron chi connectivity index (χ3n) is 6.42. The average Bonchev–Trinajstić information content (AvgIpc) is 3.36. The van der Waals surface area contributed by atoms with Crippen LogP contribution in [0.2, 0.25) is 0 Å². The molecule has 5 rings (SSSR count). The highest BCUT2D eigenvalue weighted by Gasteiger charge is 2.24. The molecule has 0 aliphatic carbocycles. The second-order valence-electron chi connectivity index (χ2n) is 8.85. The van der Waals surface area contributed by atoms with Crippen molar-refractivity contribution < 1.29 is 4.52 Å². The van der Waals surface area contributed by atoms with Gasteiger partial charge in [-0.05, 0) is 43.7 Å². The first-order valence-electron chi connectivity index (χ1n) is 11.2. The van der Waals surface area contributed by atoms with E-state index in [0.717, 1.165) is 48.5 Å². The van der Waals surface area contributed by atoms with Gasteiger partial charge in [0, 0.05) is 44.0 Å². The number of nitrogens with zero attached hydrogens (tertiary/aromatic N) is 5. The van der Waals surface area contributed by atoms with Crippen LogP contribution in [0, 0.1) is 13.8 Å². The predicted molar refractivity (Wildman–Crippen MR) is 129 cm³/mol. The first-order chi connectivity index (χ1) is 16.0. The average molecular weight is 447 g/mol. The number of nitrogens with two attached hydrogens (primary N) is 1. The molecule has 0 amide bonds. The van der Waals surface area contributed by atoms with E-state index in [1.165, 1.54) is 16.7 Å². The number of benzene rings is 1. The van der Waals surface area contributed by atoms with E-state index in [1.54, 1.807) is 6.26 Å². The van der Waals surface area contributed by atoms with Crippen LogP contribution >= 0.6 is 0 Å². The third kappa shape index (κ3) is 4.42. The molecule has 4 heterocycles. The van der Waals surface area contributed by atoms with Gasteiger partial charge in [-0.3, -0.25) is 4.90 Å². The Kier molecular flexibility index (Phi) is 5.74. The lowest BCUT2D eigenvalue weighted by atomic mass is 10.0. The van der Waals surface area contributed by atoms with Crippen LogP contribution in [-0.2, 0) is 19.6 Å². The Morgan fingerprint density at radius 3 is 2.70 bits per heavy atom. The summed E-state index contributed by atoms with van der Waals surface area (Å²) in [5.41, 5.74) is 13.4. The van der Waals surface area contributed by atoms with Crippen molar-refractivity contribution in [1.29, 1.82) is 0 Å². The van der Waals surface area contributed by atoms with Gasteiger partial charge >= 0.3 is 0 Å². The lowest BCUT2D eigenvalue weighted by molar-refractivity contribution is 0.124. The van der Waals surface area contributed by atoms with Crippen molar-refractivity contribution in [1.82, 2.24) is 29.9 Å². The zero-order valence-corrected chi connectivity index (χ0v) is 19.3. The van der Waals surface area contributed by atoms with Crippen molar-refractivity contribution in [3.63, 3.8) is 0 Å². The summed E-state index contributed by atoms with van der Waals surface area (Å²) in [7, 11) is 2.03. The number of aryl methyl sites for hydroxylation is 2. The van der Waals surface area contributed by atoms with E-state index in [0.29, 0.717) is 18.4 Å². The number of rotatable bonds is 8. The van der Waals surface area contributed by atoms with Crippen molar-refractivity contribution in [2.24, 2.45) is 0 Å².